The van der Waals surface area contributed by atoms with Gasteiger partial charge in [0.15, 0.2) is 0 Å². The average Bonchev–Trinajstić information content (AvgIpc) is 2.76. The van der Waals surface area contributed by atoms with Crippen LogP contribution in [-0.4, -0.2) is 10.5 Å². The highest BCUT2D eigenvalue weighted by Crippen LogP contribution is 2.26. The SMILES string of the molecule is CC(C)n1cc(N)cc1C(=O)Nc1ccc(Cl)c(Br)c1. The quantitative estimate of drug-likeness (QED) is 0.860. The Morgan fingerprint density at radius 3 is 2.70 bits per heavy atom. The molecular formula is C14H15BrClN3O. The van der Waals surface area contributed by atoms with Crippen LogP contribution in [0.3, 0.4) is 0 Å². The third kappa shape index (κ3) is 3.16. The predicted molar refractivity (Wildman–Crippen MR) is 86.3 cm³/mol. The number of nitrogens with zero attached hydrogens (tertiary/aromatic N) is 1. The van der Waals surface area contributed by atoms with Gasteiger partial charge in [0.05, 0.1) is 10.7 Å². The molecule has 0 saturated carbocycles. The number of aromatic nitrogens is 1. The molecule has 1 amide bonds. The topological polar surface area (TPSA) is 60.0 Å². The van der Waals surface area contributed by atoms with Crippen molar-refractivity contribution in [3.63, 3.8) is 0 Å². The van der Waals surface area contributed by atoms with Gasteiger partial charge in [0.2, 0.25) is 0 Å². The Hall–Kier alpha value is -1.46. The largest absolute Gasteiger partial charge is 0.397 e. The smallest absolute Gasteiger partial charge is 0.272 e. The number of nitrogens with one attached hydrogen (secondary N) is 1. The highest BCUT2D eigenvalue weighted by molar-refractivity contribution is 9.10. The third-order valence-electron chi connectivity index (χ3n) is 2.84. The van der Waals surface area contributed by atoms with Crippen LogP contribution >= 0.6 is 27.5 Å². The van der Waals surface area contributed by atoms with Gasteiger partial charge in [-0.2, -0.15) is 0 Å². The number of benzene rings is 1. The Kier molecular flexibility index (Phi) is 4.40. The number of rotatable bonds is 3. The Balaban J connectivity index is 2.26. The maximum Gasteiger partial charge on any atom is 0.272 e. The van der Waals surface area contributed by atoms with Crippen LogP contribution in [0.2, 0.25) is 5.02 Å². The first-order valence-corrected chi connectivity index (χ1v) is 7.29. The second-order valence-electron chi connectivity index (χ2n) is 4.74. The first-order valence-electron chi connectivity index (χ1n) is 6.12. The van der Waals surface area contributed by atoms with E-state index in [9.17, 15) is 4.79 Å². The zero-order valence-corrected chi connectivity index (χ0v) is 13.5. The number of anilines is 2. The number of amides is 1. The van der Waals surface area contributed by atoms with E-state index in [2.05, 4.69) is 21.2 Å². The highest BCUT2D eigenvalue weighted by atomic mass is 79.9. The monoisotopic (exact) mass is 355 g/mol. The summed E-state index contributed by atoms with van der Waals surface area (Å²) < 4.78 is 2.58. The fourth-order valence-electron chi connectivity index (χ4n) is 1.88. The average molecular weight is 357 g/mol. The Morgan fingerprint density at radius 2 is 2.10 bits per heavy atom. The van der Waals surface area contributed by atoms with Crippen LogP contribution in [0, 0.1) is 0 Å². The molecule has 6 heteroatoms. The summed E-state index contributed by atoms with van der Waals surface area (Å²) in [5, 5.41) is 3.43. The molecule has 0 saturated heterocycles. The van der Waals surface area contributed by atoms with Crippen molar-refractivity contribution in [2.45, 2.75) is 19.9 Å². The van der Waals surface area contributed by atoms with Gasteiger partial charge in [0.1, 0.15) is 5.69 Å². The van der Waals surface area contributed by atoms with Crippen LogP contribution in [-0.2, 0) is 0 Å². The lowest BCUT2D eigenvalue weighted by molar-refractivity contribution is 0.101. The van der Waals surface area contributed by atoms with Gasteiger partial charge in [-0.05, 0) is 54.0 Å². The third-order valence-corrected chi connectivity index (χ3v) is 4.05. The summed E-state index contributed by atoms with van der Waals surface area (Å²) in [6, 6.07) is 7.05. The number of hydrogen-bond acceptors (Lipinski definition) is 2. The lowest BCUT2D eigenvalue weighted by Crippen LogP contribution is -2.17. The molecule has 2 rings (SSSR count). The molecule has 0 aliphatic carbocycles. The second kappa shape index (κ2) is 5.89. The van der Waals surface area contributed by atoms with Crippen LogP contribution in [0.15, 0.2) is 34.9 Å². The minimum Gasteiger partial charge on any atom is -0.397 e. The Labute approximate surface area is 131 Å². The molecule has 20 heavy (non-hydrogen) atoms. The molecule has 0 aliphatic rings. The van der Waals surface area contributed by atoms with E-state index in [0.717, 1.165) is 4.47 Å². The molecule has 0 bridgehead atoms. The molecule has 0 fully saturated rings. The summed E-state index contributed by atoms with van der Waals surface area (Å²) in [5.41, 5.74) is 7.54. The molecular weight excluding hydrogens is 342 g/mol. The van der Waals surface area contributed by atoms with E-state index in [-0.39, 0.29) is 11.9 Å². The van der Waals surface area contributed by atoms with Gasteiger partial charge in [0, 0.05) is 22.4 Å². The van der Waals surface area contributed by atoms with Gasteiger partial charge >= 0.3 is 0 Å². The Morgan fingerprint density at radius 1 is 1.40 bits per heavy atom. The lowest BCUT2D eigenvalue weighted by Gasteiger charge is -2.13. The van der Waals surface area contributed by atoms with Crippen LogP contribution in [0.25, 0.3) is 0 Å². The molecule has 1 aromatic carbocycles. The maximum absolute atomic E-state index is 12.3. The number of carbonyl (C=O) groups is 1. The van der Waals surface area contributed by atoms with Crippen molar-refractivity contribution in [3.05, 3.63) is 45.7 Å². The highest BCUT2D eigenvalue weighted by Gasteiger charge is 2.15. The van der Waals surface area contributed by atoms with Crippen molar-refractivity contribution in [1.29, 1.82) is 0 Å². The van der Waals surface area contributed by atoms with Crippen molar-refractivity contribution < 1.29 is 4.79 Å². The lowest BCUT2D eigenvalue weighted by atomic mass is 10.3. The van der Waals surface area contributed by atoms with E-state index in [0.29, 0.717) is 22.1 Å². The summed E-state index contributed by atoms with van der Waals surface area (Å²) in [6.07, 6.45) is 1.76. The predicted octanol–water partition coefficient (Wildman–Crippen LogP) is 4.32. The summed E-state index contributed by atoms with van der Waals surface area (Å²) in [4.78, 5) is 12.3. The summed E-state index contributed by atoms with van der Waals surface area (Å²) in [6.45, 7) is 3.99. The summed E-state index contributed by atoms with van der Waals surface area (Å²) in [7, 11) is 0. The van der Waals surface area contributed by atoms with Gasteiger partial charge in [-0.15, -0.1) is 0 Å². The van der Waals surface area contributed by atoms with Crippen LogP contribution in [0.4, 0.5) is 11.4 Å². The van der Waals surface area contributed by atoms with Gasteiger partial charge < -0.3 is 15.6 Å². The Bertz CT molecular complexity index is 652. The van der Waals surface area contributed by atoms with Crippen molar-refractivity contribution in [3.8, 4) is 0 Å². The standard InChI is InChI=1S/C14H15BrClN3O/c1-8(2)19-7-9(17)5-13(19)14(20)18-10-3-4-12(16)11(15)6-10/h3-8H,17H2,1-2H3,(H,18,20). The van der Waals surface area contributed by atoms with Crippen LogP contribution < -0.4 is 11.1 Å². The van der Waals surface area contributed by atoms with Crippen LogP contribution in [0.1, 0.15) is 30.4 Å². The van der Waals surface area contributed by atoms with Gasteiger partial charge in [-0.25, -0.2) is 0 Å². The number of nitrogens with two attached hydrogens (primary N) is 1. The number of hydrogen-bond donors (Lipinski definition) is 2. The minimum atomic E-state index is -0.204. The molecule has 2 aromatic rings. The van der Waals surface area contributed by atoms with E-state index in [1.165, 1.54) is 0 Å². The molecule has 4 nitrogen and oxygen atoms in total. The molecule has 1 aromatic heterocycles. The molecule has 0 radical (unpaired) electrons. The summed E-state index contributed by atoms with van der Waals surface area (Å²) >= 11 is 9.25. The van der Waals surface area contributed by atoms with E-state index in [4.69, 9.17) is 17.3 Å². The van der Waals surface area contributed by atoms with Gasteiger partial charge in [-0.3, -0.25) is 4.79 Å². The minimum absolute atomic E-state index is 0.157. The molecule has 3 N–H and O–H groups in total. The fraction of sp³-hybridized carbons (Fsp3) is 0.214. The van der Waals surface area contributed by atoms with Crippen LogP contribution in [0.5, 0.6) is 0 Å². The molecule has 0 spiro atoms. The van der Waals surface area contributed by atoms with Crippen molar-refractivity contribution in [1.82, 2.24) is 4.57 Å². The summed E-state index contributed by atoms with van der Waals surface area (Å²) in [5.74, 6) is -0.204. The van der Waals surface area contributed by atoms with Crippen molar-refractivity contribution in [2.24, 2.45) is 0 Å². The zero-order valence-electron chi connectivity index (χ0n) is 11.2. The first kappa shape index (κ1) is 14.9. The normalized spacial score (nSPS) is 10.8. The van der Waals surface area contributed by atoms with Crippen molar-refractivity contribution in [2.75, 3.05) is 11.1 Å². The molecule has 1 heterocycles. The number of halogens is 2. The first-order chi connectivity index (χ1) is 9.38. The van der Waals surface area contributed by atoms with E-state index in [1.54, 1.807) is 30.5 Å². The molecule has 0 atom stereocenters. The van der Waals surface area contributed by atoms with Crippen molar-refractivity contribution >= 4 is 44.8 Å². The molecule has 0 aliphatic heterocycles. The zero-order chi connectivity index (χ0) is 14.9. The molecule has 0 unspecified atom stereocenters. The van der Waals surface area contributed by atoms with E-state index >= 15 is 0 Å². The maximum atomic E-state index is 12.3. The van der Waals surface area contributed by atoms with Gasteiger partial charge in [0.25, 0.3) is 5.91 Å². The second-order valence-corrected chi connectivity index (χ2v) is 6.00. The number of carbonyl (C=O) groups excluding carboxylic acids is 1. The molecule has 106 valence electrons. The van der Waals surface area contributed by atoms with E-state index < -0.39 is 0 Å². The number of nitrogen functional groups attached to an aromatic ring is 1. The fourth-order valence-corrected chi connectivity index (χ4v) is 2.38. The van der Waals surface area contributed by atoms with Gasteiger partial charge in [-0.1, -0.05) is 11.6 Å². The van der Waals surface area contributed by atoms with E-state index in [1.807, 2.05) is 18.4 Å².